The molecule has 14 heavy (non-hydrogen) atoms. The second-order valence-electron chi connectivity index (χ2n) is 2.64. The molecule has 0 aliphatic carbocycles. The third-order valence-electron chi connectivity index (χ3n) is 1.70. The van der Waals surface area contributed by atoms with Gasteiger partial charge in [0.05, 0.1) is 5.69 Å². The summed E-state index contributed by atoms with van der Waals surface area (Å²) in [5.74, 6) is 0.0804. The van der Waals surface area contributed by atoms with Gasteiger partial charge in [-0.2, -0.15) is 4.98 Å². The molecule has 0 aliphatic rings. The Morgan fingerprint density at radius 1 is 1.50 bits per heavy atom. The van der Waals surface area contributed by atoms with Crippen LogP contribution in [0.1, 0.15) is 0 Å². The van der Waals surface area contributed by atoms with Gasteiger partial charge < -0.3 is 15.1 Å². The first-order chi connectivity index (χ1) is 6.68. The van der Waals surface area contributed by atoms with E-state index in [9.17, 15) is 9.90 Å². The van der Waals surface area contributed by atoms with Gasteiger partial charge in [0, 0.05) is 6.20 Å². The van der Waals surface area contributed by atoms with Crippen molar-refractivity contribution >= 4 is 22.6 Å². The number of nitrogens with one attached hydrogen (secondary N) is 2. The number of aromatic amines is 2. The second kappa shape index (κ2) is 3.45. The molecule has 0 unspecified atom stereocenters. The third kappa shape index (κ3) is 1.52. The monoisotopic (exact) mass is 303 g/mol. The van der Waals surface area contributed by atoms with Crippen molar-refractivity contribution in [3.63, 3.8) is 0 Å². The zero-order valence-corrected chi connectivity index (χ0v) is 9.07. The summed E-state index contributed by atoms with van der Waals surface area (Å²) in [5, 5.41) is 9.33. The van der Waals surface area contributed by atoms with E-state index in [2.05, 4.69) is 15.0 Å². The number of hydrogen-bond acceptors (Lipinski definition) is 3. The van der Waals surface area contributed by atoms with Crippen LogP contribution in [0.25, 0.3) is 11.5 Å². The fourth-order valence-corrected chi connectivity index (χ4v) is 1.31. The summed E-state index contributed by atoms with van der Waals surface area (Å²) < 4.78 is 0.193. The molecule has 0 radical (unpaired) electrons. The van der Waals surface area contributed by atoms with Gasteiger partial charge >= 0.3 is 0 Å². The predicted octanol–water partition coefficient (Wildman–Crippen LogP) is 1.08. The summed E-state index contributed by atoms with van der Waals surface area (Å²) in [4.78, 5) is 20.6. The van der Waals surface area contributed by atoms with Gasteiger partial charge in [0.1, 0.15) is 3.57 Å². The predicted molar refractivity (Wildman–Crippen MR) is 59.0 cm³/mol. The van der Waals surface area contributed by atoms with Crippen LogP contribution in [-0.2, 0) is 0 Å². The molecule has 0 bridgehead atoms. The van der Waals surface area contributed by atoms with Gasteiger partial charge in [0.25, 0.3) is 5.56 Å². The van der Waals surface area contributed by atoms with Crippen molar-refractivity contribution in [1.29, 1.82) is 0 Å². The minimum atomic E-state index is -0.345. The van der Waals surface area contributed by atoms with Crippen molar-refractivity contribution in [2.75, 3.05) is 0 Å². The molecular weight excluding hydrogens is 297 g/mol. The first-order valence-electron chi connectivity index (χ1n) is 3.81. The molecule has 5 nitrogen and oxygen atoms in total. The van der Waals surface area contributed by atoms with Gasteiger partial charge in [-0.25, -0.2) is 0 Å². The summed E-state index contributed by atoms with van der Waals surface area (Å²) in [6.45, 7) is 0. The number of nitrogens with zero attached hydrogens (tertiary/aromatic N) is 1. The molecule has 0 fully saturated rings. The quantitative estimate of drug-likeness (QED) is 0.689. The van der Waals surface area contributed by atoms with Crippen LogP contribution >= 0.6 is 22.6 Å². The molecule has 0 aliphatic heterocycles. The lowest BCUT2D eigenvalue weighted by molar-refractivity contribution is 0.447. The highest BCUT2D eigenvalue weighted by Crippen LogP contribution is 2.16. The highest BCUT2D eigenvalue weighted by atomic mass is 127. The number of aromatic nitrogens is 3. The number of rotatable bonds is 1. The Morgan fingerprint density at radius 2 is 2.29 bits per heavy atom. The molecule has 0 aromatic carbocycles. The maximum Gasteiger partial charge on any atom is 0.268 e. The molecule has 2 rings (SSSR count). The molecule has 0 spiro atoms. The minimum Gasteiger partial charge on any atom is -0.492 e. The lowest BCUT2D eigenvalue weighted by atomic mass is 10.4. The van der Waals surface area contributed by atoms with E-state index in [1.54, 1.807) is 40.9 Å². The third-order valence-corrected chi connectivity index (χ3v) is 2.67. The highest BCUT2D eigenvalue weighted by Gasteiger charge is 2.08. The smallest absolute Gasteiger partial charge is 0.268 e. The van der Waals surface area contributed by atoms with E-state index in [4.69, 9.17) is 0 Å². The maximum atomic E-state index is 11.3. The summed E-state index contributed by atoms with van der Waals surface area (Å²) in [6.07, 6.45) is 1.71. The molecule has 3 N–H and O–H groups in total. The fraction of sp³-hybridized carbons (Fsp3) is 0. The average Bonchev–Trinajstić information content (AvgIpc) is 2.66. The van der Waals surface area contributed by atoms with E-state index >= 15 is 0 Å². The molecule has 2 heterocycles. The lowest BCUT2D eigenvalue weighted by Crippen LogP contribution is -2.12. The van der Waals surface area contributed by atoms with Gasteiger partial charge in [0.2, 0.25) is 5.88 Å². The van der Waals surface area contributed by atoms with E-state index < -0.39 is 0 Å². The Bertz CT molecular complexity index is 504. The van der Waals surface area contributed by atoms with Crippen LogP contribution in [0.5, 0.6) is 5.88 Å². The van der Waals surface area contributed by atoms with E-state index in [1.165, 1.54) is 0 Å². The van der Waals surface area contributed by atoms with Gasteiger partial charge in [-0.3, -0.25) is 4.79 Å². The molecule has 0 amide bonds. The molecule has 72 valence electrons. The molecular formula is C8H6IN3O2. The minimum absolute atomic E-state index is 0.193. The normalized spacial score (nSPS) is 10.4. The zero-order valence-electron chi connectivity index (χ0n) is 6.91. The van der Waals surface area contributed by atoms with Crippen LogP contribution < -0.4 is 5.56 Å². The van der Waals surface area contributed by atoms with E-state index in [-0.39, 0.29) is 15.0 Å². The van der Waals surface area contributed by atoms with E-state index in [1.807, 2.05) is 0 Å². The maximum absolute atomic E-state index is 11.3. The van der Waals surface area contributed by atoms with E-state index in [0.29, 0.717) is 11.5 Å². The van der Waals surface area contributed by atoms with E-state index in [0.717, 1.165) is 0 Å². The van der Waals surface area contributed by atoms with Crippen LogP contribution in [0.4, 0.5) is 0 Å². The first-order valence-corrected chi connectivity index (χ1v) is 4.89. The Labute approximate surface area is 92.4 Å². The van der Waals surface area contributed by atoms with Gasteiger partial charge in [-0.15, -0.1) is 0 Å². The Kier molecular flexibility index (Phi) is 2.28. The molecule has 2 aromatic heterocycles. The van der Waals surface area contributed by atoms with Crippen molar-refractivity contribution in [1.82, 2.24) is 15.0 Å². The highest BCUT2D eigenvalue weighted by molar-refractivity contribution is 14.1. The van der Waals surface area contributed by atoms with Gasteiger partial charge in [-0.1, -0.05) is 0 Å². The molecule has 0 atom stereocenters. The number of hydrogen-bond donors (Lipinski definition) is 3. The van der Waals surface area contributed by atoms with Crippen LogP contribution in [-0.4, -0.2) is 20.1 Å². The molecule has 0 saturated carbocycles. The first kappa shape index (κ1) is 9.25. The van der Waals surface area contributed by atoms with Crippen molar-refractivity contribution in [3.05, 3.63) is 32.3 Å². The largest absolute Gasteiger partial charge is 0.492 e. The Morgan fingerprint density at radius 3 is 2.86 bits per heavy atom. The lowest BCUT2D eigenvalue weighted by Gasteiger charge is -1.99. The average molecular weight is 303 g/mol. The van der Waals surface area contributed by atoms with Gasteiger partial charge in [0.15, 0.2) is 5.82 Å². The fourth-order valence-electron chi connectivity index (χ4n) is 1.05. The zero-order chi connectivity index (χ0) is 10.1. The van der Waals surface area contributed by atoms with Gasteiger partial charge in [-0.05, 0) is 34.7 Å². The van der Waals surface area contributed by atoms with Crippen LogP contribution in [0, 0.1) is 3.57 Å². The van der Waals surface area contributed by atoms with Crippen molar-refractivity contribution in [3.8, 4) is 17.4 Å². The molecule has 2 aromatic rings. The van der Waals surface area contributed by atoms with Crippen molar-refractivity contribution in [2.24, 2.45) is 0 Å². The van der Waals surface area contributed by atoms with Crippen LogP contribution in [0.2, 0.25) is 0 Å². The summed E-state index contributed by atoms with van der Waals surface area (Å²) in [7, 11) is 0. The number of H-pyrrole nitrogens is 2. The summed E-state index contributed by atoms with van der Waals surface area (Å²) in [5.41, 5.74) is 0.316. The molecule has 6 heteroatoms. The molecule has 0 saturated heterocycles. The SMILES string of the molecule is O=c1[nH]c(-c2ccc[nH]2)nc(O)c1I. The Balaban J connectivity index is 2.63. The second-order valence-corrected chi connectivity index (χ2v) is 3.71. The Hall–Kier alpha value is -1.31. The summed E-state index contributed by atoms with van der Waals surface area (Å²) >= 11 is 1.74. The van der Waals surface area contributed by atoms with Crippen LogP contribution in [0.3, 0.4) is 0 Å². The van der Waals surface area contributed by atoms with Crippen molar-refractivity contribution < 1.29 is 5.11 Å². The number of aromatic hydroxyl groups is 1. The number of halogens is 1. The standard InChI is InChI=1S/C8H6IN3O2/c9-5-7(13)11-6(12-8(5)14)4-2-1-3-10-4/h1-3,10H,(H2,11,12,13,14). The van der Waals surface area contributed by atoms with Crippen molar-refractivity contribution in [2.45, 2.75) is 0 Å². The topological polar surface area (TPSA) is 81.8 Å². The summed E-state index contributed by atoms with van der Waals surface area (Å²) in [6, 6.07) is 3.54. The van der Waals surface area contributed by atoms with Crippen LogP contribution in [0.15, 0.2) is 23.1 Å².